The van der Waals surface area contributed by atoms with E-state index in [0.717, 1.165) is 19.5 Å². The summed E-state index contributed by atoms with van der Waals surface area (Å²) in [6.07, 6.45) is 3.79. The van der Waals surface area contributed by atoms with Crippen molar-refractivity contribution in [3.63, 3.8) is 0 Å². The fourth-order valence-electron chi connectivity index (χ4n) is 2.18. The van der Waals surface area contributed by atoms with Crippen LogP contribution in [-0.4, -0.2) is 47.1 Å². The van der Waals surface area contributed by atoms with E-state index in [9.17, 15) is 4.79 Å². The van der Waals surface area contributed by atoms with Gasteiger partial charge in [-0.2, -0.15) is 0 Å². The van der Waals surface area contributed by atoms with Gasteiger partial charge in [-0.05, 0) is 32.5 Å². The Morgan fingerprint density at radius 1 is 1.72 bits per heavy atom. The molecule has 1 fully saturated rings. The van der Waals surface area contributed by atoms with Gasteiger partial charge < -0.3 is 15.3 Å². The molecule has 18 heavy (non-hydrogen) atoms. The van der Waals surface area contributed by atoms with Gasteiger partial charge in [0.2, 0.25) is 0 Å². The average molecular weight is 270 g/mol. The van der Waals surface area contributed by atoms with E-state index in [1.54, 1.807) is 0 Å². The molecule has 1 atom stereocenters. The van der Waals surface area contributed by atoms with Gasteiger partial charge in [-0.3, -0.25) is 0 Å². The van der Waals surface area contributed by atoms with Crippen LogP contribution < -0.4 is 5.32 Å². The highest BCUT2D eigenvalue weighted by Crippen LogP contribution is 2.24. The van der Waals surface area contributed by atoms with Gasteiger partial charge in [0, 0.05) is 18.8 Å². The Morgan fingerprint density at radius 3 is 3.11 bits per heavy atom. The summed E-state index contributed by atoms with van der Waals surface area (Å²) >= 11 is 6.01. The Hall–Kier alpha value is -1.33. The van der Waals surface area contributed by atoms with Crippen molar-refractivity contribution in [2.75, 3.05) is 25.5 Å². The van der Waals surface area contributed by atoms with E-state index in [0.29, 0.717) is 11.9 Å². The number of carboxylic acid groups (broad SMARTS) is 1. The molecule has 0 spiro atoms. The molecule has 2 heterocycles. The highest BCUT2D eigenvalue weighted by Gasteiger charge is 2.21. The summed E-state index contributed by atoms with van der Waals surface area (Å²) in [5, 5.41) is 12.3. The lowest BCUT2D eigenvalue weighted by Crippen LogP contribution is -2.31. The summed E-state index contributed by atoms with van der Waals surface area (Å²) < 4.78 is 0. The van der Waals surface area contributed by atoms with Crippen molar-refractivity contribution in [1.29, 1.82) is 0 Å². The van der Waals surface area contributed by atoms with Crippen LogP contribution in [-0.2, 0) is 0 Å². The van der Waals surface area contributed by atoms with E-state index in [1.165, 1.54) is 18.7 Å². The van der Waals surface area contributed by atoms with E-state index >= 15 is 0 Å². The Bertz CT molecular complexity index is 453. The number of hydrogen-bond acceptors (Lipinski definition) is 4. The number of halogens is 1. The molecule has 0 aliphatic carbocycles. The van der Waals surface area contributed by atoms with Crippen LogP contribution in [0.2, 0.25) is 5.02 Å². The number of nitrogens with one attached hydrogen (secondary N) is 1. The van der Waals surface area contributed by atoms with Gasteiger partial charge in [0.1, 0.15) is 5.82 Å². The molecule has 0 radical (unpaired) electrons. The number of carbonyl (C=O) groups is 1. The molecule has 2 rings (SSSR count). The first kappa shape index (κ1) is 13.1. The second-order valence-corrected chi connectivity index (χ2v) is 4.86. The Balaban J connectivity index is 2.05. The summed E-state index contributed by atoms with van der Waals surface area (Å²) in [5.41, 5.74) is 0.0777. The first-order chi connectivity index (χ1) is 8.59. The molecular formula is C12H16ClN3O2. The van der Waals surface area contributed by atoms with Crippen molar-refractivity contribution in [2.24, 2.45) is 0 Å². The lowest BCUT2D eigenvalue weighted by molar-refractivity contribution is 0.0697. The molecule has 1 aliphatic rings. The van der Waals surface area contributed by atoms with Crippen molar-refractivity contribution in [3.05, 3.63) is 22.8 Å². The molecule has 2 N–H and O–H groups in total. The van der Waals surface area contributed by atoms with Gasteiger partial charge in [0.25, 0.3) is 0 Å². The molecule has 0 aromatic carbocycles. The average Bonchev–Trinajstić information content (AvgIpc) is 2.73. The number of likely N-dealkylation sites (N-methyl/N-ethyl adjacent to an activating group) is 1. The number of nitrogens with zero attached hydrogens (tertiary/aromatic N) is 2. The maximum absolute atomic E-state index is 10.9. The highest BCUT2D eigenvalue weighted by atomic mass is 35.5. The minimum absolute atomic E-state index is 0.0777. The molecule has 0 amide bonds. The zero-order chi connectivity index (χ0) is 13.1. The lowest BCUT2D eigenvalue weighted by Gasteiger charge is -2.20. The molecule has 1 saturated heterocycles. The Kier molecular flexibility index (Phi) is 4.04. The minimum atomic E-state index is -1.04. The summed E-state index contributed by atoms with van der Waals surface area (Å²) in [7, 11) is 2.09. The van der Waals surface area contributed by atoms with Crippen LogP contribution in [0, 0.1) is 0 Å². The van der Waals surface area contributed by atoms with Crippen LogP contribution in [0.15, 0.2) is 12.3 Å². The molecule has 6 heteroatoms. The second-order valence-electron chi connectivity index (χ2n) is 4.48. The van der Waals surface area contributed by atoms with Crippen LogP contribution in [0.1, 0.15) is 23.2 Å². The van der Waals surface area contributed by atoms with E-state index in [4.69, 9.17) is 16.7 Å². The third-order valence-electron chi connectivity index (χ3n) is 3.30. The van der Waals surface area contributed by atoms with E-state index in [-0.39, 0.29) is 10.6 Å². The van der Waals surface area contributed by atoms with Gasteiger partial charge in [-0.15, -0.1) is 0 Å². The third kappa shape index (κ3) is 2.73. The van der Waals surface area contributed by atoms with E-state index < -0.39 is 5.97 Å². The summed E-state index contributed by atoms with van der Waals surface area (Å²) in [4.78, 5) is 17.3. The molecule has 5 nitrogen and oxygen atoms in total. The standard InChI is InChI=1S/C12H16ClN3O2/c1-16-6-2-3-8(16)7-15-11-10(13)9(12(17)18)4-5-14-11/h4-5,8H,2-3,6-7H2,1H3,(H,14,15)(H,17,18). The van der Waals surface area contributed by atoms with Crippen LogP contribution in [0.5, 0.6) is 0 Å². The number of aromatic carboxylic acids is 1. The minimum Gasteiger partial charge on any atom is -0.478 e. The fourth-order valence-corrected chi connectivity index (χ4v) is 2.44. The first-order valence-electron chi connectivity index (χ1n) is 5.91. The zero-order valence-corrected chi connectivity index (χ0v) is 10.9. The summed E-state index contributed by atoms with van der Waals surface area (Å²) in [6.45, 7) is 1.83. The molecular weight excluding hydrogens is 254 g/mol. The van der Waals surface area contributed by atoms with Crippen molar-refractivity contribution >= 4 is 23.4 Å². The molecule has 1 aromatic rings. The lowest BCUT2D eigenvalue weighted by atomic mass is 10.2. The van der Waals surface area contributed by atoms with E-state index in [2.05, 4.69) is 22.2 Å². The Morgan fingerprint density at radius 2 is 2.50 bits per heavy atom. The van der Waals surface area contributed by atoms with Crippen molar-refractivity contribution < 1.29 is 9.90 Å². The monoisotopic (exact) mass is 269 g/mol. The van der Waals surface area contributed by atoms with Gasteiger partial charge in [-0.25, -0.2) is 9.78 Å². The maximum atomic E-state index is 10.9. The smallest absolute Gasteiger partial charge is 0.337 e. The van der Waals surface area contributed by atoms with Gasteiger partial charge >= 0.3 is 5.97 Å². The number of likely N-dealkylation sites (tertiary alicyclic amines) is 1. The largest absolute Gasteiger partial charge is 0.478 e. The van der Waals surface area contributed by atoms with Crippen LogP contribution >= 0.6 is 11.6 Å². The van der Waals surface area contributed by atoms with Crippen molar-refractivity contribution in [3.8, 4) is 0 Å². The third-order valence-corrected chi connectivity index (χ3v) is 3.68. The number of anilines is 1. The molecule has 0 saturated carbocycles. The van der Waals surface area contributed by atoms with Gasteiger partial charge in [0.05, 0.1) is 10.6 Å². The topological polar surface area (TPSA) is 65.5 Å². The van der Waals surface area contributed by atoms with Crippen LogP contribution in [0.4, 0.5) is 5.82 Å². The fraction of sp³-hybridized carbons (Fsp3) is 0.500. The van der Waals surface area contributed by atoms with Crippen LogP contribution in [0.25, 0.3) is 0 Å². The quantitative estimate of drug-likeness (QED) is 0.874. The number of carboxylic acids is 1. The predicted molar refractivity (Wildman–Crippen MR) is 70.3 cm³/mol. The molecule has 1 aromatic heterocycles. The first-order valence-corrected chi connectivity index (χ1v) is 6.29. The van der Waals surface area contributed by atoms with E-state index in [1.807, 2.05) is 0 Å². The van der Waals surface area contributed by atoms with Crippen LogP contribution in [0.3, 0.4) is 0 Å². The molecule has 0 bridgehead atoms. The molecule has 1 unspecified atom stereocenters. The maximum Gasteiger partial charge on any atom is 0.337 e. The summed E-state index contributed by atoms with van der Waals surface area (Å²) in [6, 6.07) is 1.86. The Labute approximate surface area is 111 Å². The normalized spacial score (nSPS) is 20.0. The molecule has 1 aliphatic heterocycles. The van der Waals surface area contributed by atoms with Gasteiger partial charge in [0.15, 0.2) is 0 Å². The zero-order valence-electron chi connectivity index (χ0n) is 10.2. The SMILES string of the molecule is CN1CCCC1CNc1nccc(C(=O)O)c1Cl. The number of pyridine rings is 1. The number of aromatic nitrogens is 1. The number of rotatable bonds is 4. The summed E-state index contributed by atoms with van der Waals surface area (Å²) in [5.74, 6) is -0.597. The predicted octanol–water partition coefficient (Wildman–Crippen LogP) is 1.94. The van der Waals surface area contributed by atoms with Crippen molar-refractivity contribution in [1.82, 2.24) is 9.88 Å². The molecule has 98 valence electrons. The number of hydrogen-bond donors (Lipinski definition) is 2. The van der Waals surface area contributed by atoms with Crippen molar-refractivity contribution in [2.45, 2.75) is 18.9 Å². The highest BCUT2D eigenvalue weighted by molar-refractivity contribution is 6.35. The van der Waals surface area contributed by atoms with Gasteiger partial charge in [-0.1, -0.05) is 11.6 Å². The second kappa shape index (κ2) is 5.54.